The van der Waals surface area contributed by atoms with Gasteiger partial charge in [-0.15, -0.1) is 0 Å². The van der Waals surface area contributed by atoms with Gasteiger partial charge in [0.15, 0.2) is 17.9 Å². The minimum atomic E-state index is -2.36. The predicted octanol–water partition coefficient (Wildman–Crippen LogP) is -0.0561. The molecule has 0 radical (unpaired) electrons. The quantitative estimate of drug-likeness (QED) is 0.126. The van der Waals surface area contributed by atoms with Gasteiger partial charge in [0.2, 0.25) is 23.5 Å². The van der Waals surface area contributed by atoms with Gasteiger partial charge in [0.25, 0.3) is 0 Å². The van der Waals surface area contributed by atoms with Crippen LogP contribution in [0.4, 0.5) is 0 Å². The number of amides is 3. The first-order chi connectivity index (χ1) is 24.1. The molecule has 0 bridgehead atoms. The molecule has 2 aliphatic heterocycles. The third-order valence-corrected chi connectivity index (χ3v) is 10.1. The van der Waals surface area contributed by atoms with E-state index < -0.39 is 107 Å². The number of carbonyl (C=O) groups is 6. The molecule has 0 aromatic heterocycles. The summed E-state index contributed by atoms with van der Waals surface area (Å²) in [6.07, 6.45) is -6.58. The largest absolute Gasteiger partial charge is 0.507 e. The third-order valence-electron chi connectivity index (χ3n) is 10.1. The number of likely N-dealkylation sites (tertiary alicyclic amines) is 1. The molecule has 0 spiro atoms. The molecule has 51 heavy (non-hydrogen) atoms. The average molecular weight is 711 g/mol. The number of Topliss-reactive ketones (excluding diaryl/α,β-unsaturated/α-hetero) is 1. The number of rotatable bonds is 9. The molecule has 2 heterocycles. The van der Waals surface area contributed by atoms with Crippen molar-refractivity contribution < 1.29 is 68.5 Å². The Balaban J connectivity index is 1.31. The van der Waals surface area contributed by atoms with E-state index in [1.54, 1.807) is 6.92 Å². The zero-order valence-electron chi connectivity index (χ0n) is 28.0. The lowest BCUT2D eigenvalue weighted by molar-refractivity contribution is -0.249. The summed E-state index contributed by atoms with van der Waals surface area (Å²) in [7, 11) is 1.30. The molecule has 6 N–H and O–H groups in total. The molecule has 16 heteroatoms. The van der Waals surface area contributed by atoms with Crippen molar-refractivity contribution in [3.63, 3.8) is 0 Å². The van der Waals surface area contributed by atoms with Crippen LogP contribution in [-0.2, 0) is 35.1 Å². The summed E-state index contributed by atoms with van der Waals surface area (Å²) in [6.45, 7) is 1.88. The Morgan fingerprint density at radius 2 is 1.76 bits per heavy atom. The predicted molar refractivity (Wildman–Crippen MR) is 171 cm³/mol. The van der Waals surface area contributed by atoms with Crippen LogP contribution in [0.25, 0.3) is 0 Å². The van der Waals surface area contributed by atoms with Crippen LogP contribution in [0.2, 0.25) is 0 Å². The number of fused-ring (bicyclic) bond motifs is 3. The number of phenolic OH excluding ortho intramolecular Hbond substituents is 2. The molecule has 6 rings (SSSR count). The lowest BCUT2D eigenvalue weighted by Gasteiger charge is -2.43. The normalized spacial score (nSPS) is 28.6. The third kappa shape index (κ3) is 6.06. The maximum atomic E-state index is 13.9. The van der Waals surface area contributed by atoms with Gasteiger partial charge in [0, 0.05) is 61.3 Å². The summed E-state index contributed by atoms with van der Waals surface area (Å²) in [5.74, 6) is -5.98. The van der Waals surface area contributed by atoms with Crippen molar-refractivity contribution >= 4 is 35.1 Å². The molecule has 2 aromatic rings. The van der Waals surface area contributed by atoms with Gasteiger partial charge < -0.3 is 45.1 Å². The van der Waals surface area contributed by atoms with Crippen LogP contribution in [0, 0.1) is 5.92 Å². The van der Waals surface area contributed by atoms with Gasteiger partial charge in [-0.1, -0.05) is 19.1 Å². The van der Waals surface area contributed by atoms with Crippen molar-refractivity contribution in [1.29, 1.82) is 0 Å². The van der Waals surface area contributed by atoms with Crippen LogP contribution in [0.3, 0.4) is 0 Å². The molecule has 272 valence electrons. The van der Waals surface area contributed by atoms with E-state index in [2.05, 4.69) is 5.32 Å². The molecule has 4 aliphatic rings. The smallest absolute Gasteiger partial charge is 0.232 e. The number of imide groups is 1. The minimum Gasteiger partial charge on any atom is -0.507 e. The monoisotopic (exact) mass is 710 g/mol. The van der Waals surface area contributed by atoms with Crippen LogP contribution in [0.15, 0.2) is 18.2 Å². The van der Waals surface area contributed by atoms with Crippen molar-refractivity contribution in [3.05, 3.63) is 51.6 Å². The number of phenols is 2. The van der Waals surface area contributed by atoms with Crippen LogP contribution >= 0.6 is 0 Å². The van der Waals surface area contributed by atoms with Gasteiger partial charge >= 0.3 is 0 Å². The first-order valence-corrected chi connectivity index (χ1v) is 16.5. The molecule has 2 fully saturated rings. The number of hydrogen-bond acceptors (Lipinski definition) is 14. The number of aromatic hydroxyl groups is 2. The summed E-state index contributed by atoms with van der Waals surface area (Å²) >= 11 is 0. The highest BCUT2D eigenvalue weighted by atomic mass is 16.7. The zero-order valence-corrected chi connectivity index (χ0v) is 28.0. The Morgan fingerprint density at radius 1 is 1.06 bits per heavy atom. The van der Waals surface area contributed by atoms with Crippen LogP contribution < -0.4 is 10.1 Å². The number of carbonyl (C=O) groups excluding carboxylic acids is 6. The molecule has 2 aromatic carbocycles. The highest BCUT2D eigenvalue weighted by molar-refractivity contribution is 6.31. The fraction of sp³-hybridized carbons (Fsp3) is 0.486. The standard InChI is InChI=1S/C35H38N2O14/c1-14-9-23(41)37(34(14)47)8-7-22(40)36-18-10-24(50-15(2)29(18)42)51-20-12-35(48,21(39)13-38)11-17-26(20)33(46)28-27(31(17)44)30(43)16-5-4-6-19(49-3)25(16)32(28)45/h4-6,14-15,18,20,24,29,38,42,44,46,48H,7-13H2,1-3H3,(H,36,40)/t14?,15-,18-,20-,24-,29+,35+/m0/s1. The molecule has 3 amide bonds. The minimum absolute atomic E-state index is 0.0493. The van der Waals surface area contributed by atoms with E-state index in [1.165, 1.54) is 32.2 Å². The van der Waals surface area contributed by atoms with Gasteiger partial charge in [0.1, 0.15) is 35.6 Å². The summed E-state index contributed by atoms with van der Waals surface area (Å²) in [4.78, 5) is 78.7. The molecule has 1 unspecified atom stereocenters. The maximum Gasteiger partial charge on any atom is 0.232 e. The number of aliphatic hydroxyl groups excluding tert-OH is 2. The van der Waals surface area contributed by atoms with Crippen molar-refractivity contribution in [3.8, 4) is 17.2 Å². The molecule has 16 nitrogen and oxygen atoms in total. The fourth-order valence-electron chi connectivity index (χ4n) is 7.43. The second-order valence-electron chi connectivity index (χ2n) is 13.4. The van der Waals surface area contributed by atoms with E-state index in [0.29, 0.717) is 0 Å². The molecule has 2 saturated heterocycles. The summed E-state index contributed by atoms with van der Waals surface area (Å²) in [5.41, 5.74) is -4.16. The Hall–Kier alpha value is -4.74. The van der Waals surface area contributed by atoms with E-state index in [0.717, 1.165) is 4.90 Å². The lowest BCUT2D eigenvalue weighted by Crippen LogP contribution is -2.56. The van der Waals surface area contributed by atoms with Gasteiger partial charge in [-0.3, -0.25) is 33.7 Å². The van der Waals surface area contributed by atoms with E-state index in [1.807, 2.05) is 0 Å². The Morgan fingerprint density at radius 3 is 2.41 bits per heavy atom. The zero-order chi connectivity index (χ0) is 37.1. The SMILES string of the molecule is COc1cccc2c1C(=O)c1c(O)c3c(c(O)c1C2=O)C[C@](O)(C(=O)CO)C[C@@H]3O[C@H]1C[C@H](NC(=O)CCN2C(=O)CC(C)C2=O)[C@H](O)[C@H](C)O1. The molecular weight excluding hydrogens is 672 g/mol. The van der Waals surface area contributed by atoms with E-state index in [9.17, 15) is 54.3 Å². The van der Waals surface area contributed by atoms with Crippen LogP contribution in [0.1, 0.15) is 88.6 Å². The van der Waals surface area contributed by atoms with Crippen LogP contribution in [-0.4, -0.2) is 116 Å². The second-order valence-corrected chi connectivity index (χ2v) is 13.4. The molecule has 7 atom stereocenters. The number of benzene rings is 2. The molecule has 2 aliphatic carbocycles. The number of methoxy groups -OCH3 is 1. The first kappa shape index (κ1) is 36.1. The van der Waals surface area contributed by atoms with Gasteiger partial charge in [-0.25, -0.2) is 0 Å². The first-order valence-electron chi connectivity index (χ1n) is 16.5. The average Bonchev–Trinajstić information content (AvgIpc) is 3.34. The van der Waals surface area contributed by atoms with E-state index in [4.69, 9.17) is 14.2 Å². The summed E-state index contributed by atoms with van der Waals surface area (Å²) < 4.78 is 17.3. The van der Waals surface area contributed by atoms with Crippen molar-refractivity contribution in [2.24, 2.45) is 5.92 Å². The Kier molecular flexibility index (Phi) is 9.49. The van der Waals surface area contributed by atoms with Gasteiger partial charge in [-0.2, -0.15) is 0 Å². The van der Waals surface area contributed by atoms with Gasteiger partial charge in [-0.05, 0) is 13.0 Å². The lowest BCUT2D eigenvalue weighted by atomic mass is 9.72. The van der Waals surface area contributed by atoms with Crippen molar-refractivity contribution in [2.45, 2.75) is 82.2 Å². The summed E-state index contributed by atoms with van der Waals surface area (Å²) in [6, 6.07) is 3.30. The van der Waals surface area contributed by atoms with Crippen molar-refractivity contribution in [1.82, 2.24) is 10.2 Å². The van der Waals surface area contributed by atoms with Gasteiger partial charge in [0.05, 0.1) is 42.0 Å². The fourth-order valence-corrected chi connectivity index (χ4v) is 7.43. The molecule has 0 saturated carbocycles. The Bertz CT molecular complexity index is 1860. The van der Waals surface area contributed by atoms with E-state index >= 15 is 0 Å². The summed E-state index contributed by atoms with van der Waals surface area (Å²) in [5, 5.41) is 57.9. The number of ether oxygens (including phenoxy) is 3. The highest BCUT2D eigenvalue weighted by Crippen LogP contribution is 2.52. The number of hydrogen-bond donors (Lipinski definition) is 6. The highest BCUT2D eigenvalue weighted by Gasteiger charge is 2.50. The van der Waals surface area contributed by atoms with Crippen molar-refractivity contribution in [2.75, 3.05) is 20.3 Å². The number of ketones is 3. The maximum absolute atomic E-state index is 13.9. The topological polar surface area (TPSA) is 247 Å². The second kappa shape index (κ2) is 13.4. The number of aliphatic hydroxyl groups is 3. The number of nitrogens with zero attached hydrogens (tertiary/aromatic N) is 1. The number of nitrogens with one attached hydrogen (secondary N) is 1. The van der Waals surface area contributed by atoms with Crippen LogP contribution in [0.5, 0.6) is 17.2 Å². The molecular formula is C35H38N2O14. The Labute approximate surface area is 290 Å². The van der Waals surface area contributed by atoms with E-state index in [-0.39, 0.29) is 65.6 Å².